The van der Waals surface area contributed by atoms with Gasteiger partial charge in [0.05, 0.1) is 18.7 Å². The molecule has 29 heavy (non-hydrogen) atoms. The zero-order valence-corrected chi connectivity index (χ0v) is 16.6. The molecule has 10 nitrogen and oxygen atoms in total. The van der Waals surface area contributed by atoms with E-state index in [4.69, 9.17) is 26.8 Å². The number of anilines is 2. The summed E-state index contributed by atoms with van der Waals surface area (Å²) in [6.45, 7) is 2.09. The second-order valence-corrected chi connectivity index (χ2v) is 6.50. The molecular weight excluding hydrogens is 398 g/mol. The molecule has 3 rings (SSSR count). The van der Waals surface area contributed by atoms with Crippen molar-refractivity contribution in [3.05, 3.63) is 52.5 Å². The number of aromatic nitrogens is 4. The Labute approximate surface area is 171 Å². The third-order valence-corrected chi connectivity index (χ3v) is 4.18. The van der Waals surface area contributed by atoms with Crippen molar-refractivity contribution >= 4 is 29.1 Å². The molecular formula is C18H20ClN7O3. The minimum absolute atomic E-state index is 0.127. The molecule has 0 atom stereocenters. The second-order valence-electron chi connectivity index (χ2n) is 6.10. The van der Waals surface area contributed by atoms with Crippen LogP contribution in [0.2, 0.25) is 5.02 Å². The second kappa shape index (κ2) is 9.11. The summed E-state index contributed by atoms with van der Waals surface area (Å²) in [5.74, 6) is 0.482. The number of hydrogen-bond donors (Lipinski definition) is 3. The van der Waals surface area contributed by atoms with Crippen LogP contribution in [0.15, 0.2) is 36.4 Å². The first kappa shape index (κ1) is 20.2. The summed E-state index contributed by atoms with van der Waals surface area (Å²) in [5, 5.41) is 13.8. The Hall–Kier alpha value is -3.53. The van der Waals surface area contributed by atoms with Gasteiger partial charge in [0, 0.05) is 5.69 Å². The third kappa shape index (κ3) is 5.26. The molecule has 0 radical (unpaired) electrons. The van der Waals surface area contributed by atoms with Gasteiger partial charge in [-0.3, -0.25) is 4.79 Å². The molecule has 152 valence electrons. The number of nitrogens with one attached hydrogen (secondary N) is 2. The van der Waals surface area contributed by atoms with Gasteiger partial charge in [-0.1, -0.05) is 34.4 Å². The van der Waals surface area contributed by atoms with Gasteiger partial charge in [-0.25, -0.2) is 0 Å². The number of halogens is 1. The number of ether oxygens (including phenoxy) is 2. The molecule has 0 saturated heterocycles. The molecule has 0 aliphatic rings. The van der Waals surface area contributed by atoms with Crippen LogP contribution in [-0.2, 0) is 11.3 Å². The van der Waals surface area contributed by atoms with Crippen LogP contribution in [0.25, 0.3) is 0 Å². The molecule has 2 aromatic carbocycles. The first-order chi connectivity index (χ1) is 14.0. The molecule has 0 aliphatic carbocycles. The van der Waals surface area contributed by atoms with E-state index in [1.54, 1.807) is 12.1 Å². The van der Waals surface area contributed by atoms with E-state index in [2.05, 4.69) is 26.3 Å². The van der Waals surface area contributed by atoms with Crippen molar-refractivity contribution in [2.24, 2.45) is 0 Å². The summed E-state index contributed by atoms with van der Waals surface area (Å²) in [4.78, 5) is 13.4. The van der Waals surface area contributed by atoms with Crippen molar-refractivity contribution in [3.8, 4) is 11.5 Å². The summed E-state index contributed by atoms with van der Waals surface area (Å²) in [6, 6.07) is 10.9. The Morgan fingerprint density at radius 3 is 2.69 bits per heavy atom. The monoisotopic (exact) mass is 417 g/mol. The number of carbonyl (C=O) groups is 1. The lowest BCUT2D eigenvalue weighted by atomic mass is 10.2. The van der Waals surface area contributed by atoms with Gasteiger partial charge in [-0.05, 0) is 47.2 Å². The summed E-state index contributed by atoms with van der Waals surface area (Å²) >= 11 is 6.33. The number of nitrogens with zero attached hydrogens (tertiary/aromatic N) is 4. The van der Waals surface area contributed by atoms with Crippen LogP contribution in [0.3, 0.4) is 0 Å². The van der Waals surface area contributed by atoms with Crippen LogP contribution in [-0.4, -0.2) is 39.9 Å². The number of rotatable bonds is 8. The van der Waals surface area contributed by atoms with Gasteiger partial charge in [0.1, 0.15) is 0 Å². The molecule has 4 N–H and O–H groups in total. The van der Waals surface area contributed by atoms with Crippen molar-refractivity contribution in [2.45, 2.75) is 13.5 Å². The molecule has 0 saturated carbocycles. The van der Waals surface area contributed by atoms with Gasteiger partial charge < -0.3 is 25.9 Å². The highest BCUT2D eigenvalue weighted by molar-refractivity contribution is 6.32. The molecule has 11 heteroatoms. The van der Waals surface area contributed by atoms with Crippen molar-refractivity contribution in [1.29, 1.82) is 0 Å². The van der Waals surface area contributed by atoms with E-state index in [1.165, 1.54) is 11.9 Å². The number of tetrazole rings is 1. The van der Waals surface area contributed by atoms with E-state index >= 15 is 0 Å². The molecule has 0 fully saturated rings. The molecule has 0 unspecified atom stereocenters. The highest BCUT2D eigenvalue weighted by Crippen LogP contribution is 2.36. The minimum Gasteiger partial charge on any atom is -0.493 e. The SMILES string of the molecule is COc1cc(CNn2nnnc2N)cc(Cl)c1OCC(=O)Nc1ccc(C)cc1. The lowest BCUT2D eigenvalue weighted by Gasteiger charge is -2.15. The van der Waals surface area contributed by atoms with E-state index in [1.807, 2.05) is 31.2 Å². The van der Waals surface area contributed by atoms with Gasteiger partial charge in [-0.2, -0.15) is 0 Å². The third-order valence-electron chi connectivity index (χ3n) is 3.90. The van der Waals surface area contributed by atoms with Crippen LogP contribution >= 0.6 is 11.6 Å². The number of methoxy groups -OCH3 is 1. The number of hydrogen-bond acceptors (Lipinski definition) is 8. The van der Waals surface area contributed by atoms with Crippen LogP contribution < -0.4 is 25.9 Å². The van der Waals surface area contributed by atoms with Gasteiger partial charge in [0.25, 0.3) is 11.9 Å². The summed E-state index contributed by atoms with van der Waals surface area (Å²) in [5.41, 5.74) is 11.1. The molecule has 1 aromatic heterocycles. The Kier molecular flexibility index (Phi) is 6.35. The number of benzene rings is 2. The molecule has 3 aromatic rings. The van der Waals surface area contributed by atoms with Crippen molar-refractivity contribution in [2.75, 3.05) is 30.2 Å². The standard InChI is InChI=1S/C18H20ClN7O3/c1-11-3-5-13(6-4-11)22-16(27)10-29-17-14(19)7-12(8-15(17)28-2)9-21-26-18(20)23-24-25-26/h3-8,21H,9-10H2,1-2H3,(H,22,27)(H2,20,23,25). The number of nitrogen functional groups attached to an aromatic ring is 1. The van der Waals surface area contributed by atoms with Crippen LogP contribution in [0.4, 0.5) is 11.6 Å². The van der Waals surface area contributed by atoms with E-state index in [0.717, 1.165) is 11.1 Å². The highest BCUT2D eigenvalue weighted by Gasteiger charge is 2.14. The predicted molar refractivity (Wildman–Crippen MR) is 109 cm³/mol. The number of amides is 1. The summed E-state index contributed by atoms with van der Waals surface area (Å²) in [7, 11) is 1.49. The van der Waals surface area contributed by atoms with E-state index in [0.29, 0.717) is 23.0 Å². The number of carbonyl (C=O) groups excluding carboxylic acids is 1. The van der Waals surface area contributed by atoms with Crippen LogP contribution in [0.5, 0.6) is 11.5 Å². The van der Waals surface area contributed by atoms with Gasteiger partial charge in [0.2, 0.25) is 0 Å². The summed E-state index contributed by atoms with van der Waals surface area (Å²) < 4.78 is 10.9. The normalized spacial score (nSPS) is 10.4. The Balaban J connectivity index is 1.63. The zero-order valence-electron chi connectivity index (χ0n) is 15.8. The van der Waals surface area contributed by atoms with Gasteiger partial charge >= 0.3 is 0 Å². The maximum Gasteiger partial charge on any atom is 0.262 e. The smallest absolute Gasteiger partial charge is 0.262 e. The lowest BCUT2D eigenvalue weighted by Crippen LogP contribution is -2.20. The number of nitrogens with two attached hydrogens (primary N) is 1. The topological polar surface area (TPSA) is 129 Å². The van der Waals surface area contributed by atoms with Crippen molar-refractivity contribution < 1.29 is 14.3 Å². The highest BCUT2D eigenvalue weighted by atomic mass is 35.5. The maximum absolute atomic E-state index is 12.2. The Bertz CT molecular complexity index is 992. The molecule has 0 aliphatic heterocycles. The maximum atomic E-state index is 12.2. The van der Waals surface area contributed by atoms with E-state index in [9.17, 15) is 4.79 Å². The summed E-state index contributed by atoms with van der Waals surface area (Å²) in [6.07, 6.45) is 0. The predicted octanol–water partition coefficient (Wildman–Crippen LogP) is 1.99. The van der Waals surface area contributed by atoms with Gasteiger partial charge in [-0.15, -0.1) is 4.79 Å². The Morgan fingerprint density at radius 1 is 1.28 bits per heavy atom. The minimum atomic E-state index is -0.313. The van der Waals surface area contributed by atoms with E-state index in [-0.39, 0.29) is 24.2 Å². The molecule has 0 bridgehead atoms. The molecule has 0 spiro atoms. The van der Waals surface area contributed by atoms with E-state index < -0.39 is 0 Å². The van der Waals surface area contributed by atoms with Crippen LogP contribution in [0, 0.1) is 6.92 Å². The fourth-order valence-corrected chi connectivity index (χ4v) is 2.75. The van der Waals surface area contributed by atoms with Crippen LogP contribution in [0.1, 0.15) is 11.1 Å². The lowest BCUT2D eigenvalue weighted by molar-refractivity contribution is -0.118. The fourth-order valence-electron chi connectivity index (χ4n) is 2.46. The Morgan fingerprint density at radius 2 is 2.03 bits per heavy atom. The quantitative estimate of drug-likeness (QED) is 0.507. The molecule has 1 heterocycles. The zero-order chi connectivity index (χ0) is 20.8. The van der Waals surface area contributed by atoms with Crippen molar-refractivity contribution in [3.63, 3.8) is 0 Å². The fraction of sp³-hybridized carbons (Fsp3) is 0.222. The number of aryl methyl sites for hydroxylation is 1. The average molecular weight is 418 g/mol. The first-order valence-electron chi connectivity index (χ1n) is 8.59. The van der Waals surface area contributed by atoms with Crippen molar-refractivity contribution in [1.82, 2.24) is 20.3 Å². The van der Waals surface area contributed by atoms with Gasteiger partial charge in [0.15, 0.2) is 18.1 Å². The molecule has 1 amide bonds. The average Bonchev–Trinajstić information content (AvgIpc) is 3.11. The largest absolute Gasteiger partial charge is 0.493 e. The first-order valence-corrected chi connectivity index (χ1v) is 8.97.